The average Bonchev–Trinajstić information content (AvgIpc) is 2.95. The summed E-state index contributed by atoms with van der Waals surface area (Å²) in [4.78, 5) is 38.2. The van der Waals surface area contributed by atoms with Gasteiger partial charge in [0.25, 0.3) is 5.56 Å². The first kappa shape index (κ1) is 27.5. The van der Waals surface area contributed by atoms with Crippen molar-refractivity contribution in [3.8, 4) is 28.3 Å². The highest BCUT2D eigenvalue weighted by Crippen LogP contribution is 2.28. The predicted octanol–water partition coefficient (Wildman–Crippen LogP) is 4.78. The van der Waals surface area contributed by atoms with E-state index >= 15 is 4.39 Å². The van der Waals surface area contributed by atoms with E-state index in [1.807, 2.05) is 26.0 Å². The Balaban J connectivity index is 1.59. The molecule has 2 aromatic carbocycles. The van der Waals surface area contributed by atoms with Gasteiger partial charge in [0.15, 0.2) is 5.65 Å². The highest BCUT2D eigenvalue weighted by atomic mass is 19.1. The maximum absolute atomic E-state index is 15.1. The third-order valence-corrected chi connectivity index (χ3v) is 7.09. The summed E-state index contributed by atoms with van der Waals surface area (Å²) in [6.07, 6.45) is 5.14. The molecule has 1 aliphatic heterocycles. The second-order valence-electron chi connectivity index (χ2n) is 10.5. The van der Waals surface area contributed by atoms with Crippen molar-refractivity contribution in [1.82, 2.24) is 24.8 Å². The van der Waals surface area contributed by atoms with Gasteiger partial charge in [0.1, 0.15) is 23.9 Å². The van der Waals surface area contributed by atoms with Crippen LogP contribution in [-0.4, -0.2) is 51.6 Å². The fraction of sp³-hybridized carbons (Fsp3) is 0.355. The van der Waals surface area contributed by atoms with Crippen molar-refractivity contribution >= 4 is 16.9 Å². The normalized spacial score (nSPS) is 14.0. The van der Waals surface area contributed by atoms with Gasteiger partial charge in [-0.3, -0.25) is 19.1 Å². The monoisotopic (exact) mass is 543 g/mol. The molecule has 8 nitrogen and oxygen atoms in total. The van der Waals surface area contributed by atoms with E-state index in [0.717, 1.165) is 25.2 Å². The first-order valence-corrected chi connectivity index (χ1v) is 13.7. The lowest BCUT2D eigenvalue weighted by Crippen LogP contribution is -2.37. The number of carbonyl (C=O) groups excluding carboxylic acids is 1. The highest BCUT2D eigenvalue weighted by Gasteiger charge is 2.19. The molecule has 1 aliphatic rings. The summed E-state index contributed by atoms with van der Waals surface area (Å²) in [6.45, 7) is 6.30. The van der Waals surface area contributed by atoms with E-state index in [4.69, 9.17) is 4.74 Å². The van der Waals surface area contributed by atoms with Gasteiger partial charge in [-0.05, 0) is 75.7 Å². The van der Waals surface area contributed by atoms with Crippen molar-refractivity contribution < 1.29 is 13.9 Å². The first-order valence-electron chi connectivity index (χ1n) is 13.7. The molecule has 208 valence electrons. The van der Waals surface area contributed by atoms with E-state index < -0.39 is 5.56 Å². The summed E-state index contributed by atoms with van der Waals surface area (Å²) in [6, 6.07) is 13.8. The summed E-state index contributed by atoms with van der Waals surface area (Å²) in [5, 5.41) is 3.04. The van der Waals surface area contributed by atoms with Crippen LogP contribution in [0, 0.1) is 5.82 Å². The van der Waals surface area contributed by atoms with E-state index in [0.29, 0.717) is 28.3 Å². The number of fused-ring (bicyclic) bond motifs is 1. The van der Waals surface area contributed by atoms with Gasteiger partial charge in [-0.2, -0.15) is 0 Å². The number of halogens is 1. The number of pyridine rings is 1. The summed E-state index contributed by atoms with van der Waals surface area (Å²) >= 11 is 0. The van der Waals surface area contributed by atoms with Crippen molar-refractivity contribution in [2.24, 2.45) is 0 Å². The van der Waals surface area contributed by atoms with Crippen molar-refractivity contribution in [3.05, 3.63) is 76.5 Å². The molecule has 2 aromatic heterocycles. The van der Waals surface area contributed by atoms with Crippen LogP contribution in [0.1, 0.15) is 38.7 Å². The molecule has 0 bridgehead atoms. The van der Waals surface area contributed by atoms with Crippen LogP contribution in [0.25, 0.3) is 33.5 Å². The number of hydrogen-bond acceptors (Lipinski definition) is 6. The molecular weight excluding hydrogens is 509 g/mol. The molecular formula is C31H34FN5O3. The molecule has 1 fully saturated rings. The van der Waals surface area contributed by atoms with Crippen LogP contribution >= 0.6 is 0 Å². The first-order chi connectivity index (χ1) is 19.3. The standard InChI is InChI=1S/C31H34FN5O3/c1-20(2)34-28(38)19-37-30(22-8-7-9-24(15-22)40-3)35-29-26(31(37)39)16-23(17-33-29)25-14-21(10-11-27(25)32)18-36-12-5-4-6-13-36/h7-11,14-17,20H,4-6,12-13,18-19H2,1-3H3,(H,34,38). The molecule has 4 aromatic rings. The Labute approximate surface area is 232 Å². The Morgan fingerprint density at radius 2 is 1.88 bits per heavy atom. The minimum atomic E-state index is -0.430. The van der Waals surface area contributed by atoms with Crippen LogP contribution in [-0.2, 0) is 17.9 Å². The second-order valence-corrected chi connectivity index (χ2v) is 10.5. The van der Waals surface area contributed by atoms with Gasteiger partial charge in [-0.25, -0.2) is 14.4 Å². The SMILES string of the molecule is COc1cccc(-c2nc3ncc(-c4cc(CN5CCCCC5)ccc4F)cc3c(=O)n2CC(=O)NC(C)C)c1. The number of piperidine rings is 1. The number of methoxy groups -OCH3 is 1. The average molecular weight is 544 g/mol. The molecule has 0 aliphatic carbocycles. The van der Waals surface area contributed by atoms with Gasteiger partial charge < -0.3 is 10.1 Å². The molecule has 0 saturated carbocycles. The quantitative estimate of drug-likeness (QED) is 0.344. The van der Waals surface area contributed by atoms with Gasteiger partial charge in [-0.1, -0.05) is 24.6 Å². The number of rotatable bonds is 8. The lowest BCUT2D eigenvalue weighted by Gasteiger charge is -2.26. The number of nitrogens with one attached hydrogen (secondary N) is 1. The van der Waals surface area contributed by atoms with E-state index in [1.165, 1.54) is 29.9 Å². The maximum Gasteiger partial charge on any atom is 0.263 e. The van der Waals surface area contributed by atoms with Crippen molar-refractivity contribution in [1.29, 1.82) is 0 Å². The molecule has 1 saturated heterocycles. The van der Waals surface area contributed by atoms with Gasteiger partial charge >= 0.3 is 0 Å². The Hall–Kier alpha value is -4.11. The number of nitrogens with zero attached hydrogens (tertiary/aromatic N) is 4. The number of likely N-dealkylation sites (tertiary alicyclic amines) is 1. The molecule has 40 heavy (non-hydrogen) atoms. The molecule has 0 spiro atoms. The molecule has 1 amide bonds. The van der Waals surface area contributed by atoms with E-state index in [-0.39, 0.29) is 35.3 Å². The number of ether oxygens (including phenoxy) is 1. The summed E-state index contributed by atoms with van der Waals surface area (Å²) in [5.41, 5.74) is 2.27. The molecule has 0 atom stereocenters. The fourth-order valence-corrected chi connectivity index (χ4v) is 5.16. The van der Waals surface area contributed by atoms with Crippen molar-refractivity contribution in [2.45, 2.75) is 52.2 Å². The summed E-state index contributed by atoms with van der Waals surface area (Å²) in [7, 11) is 1.56. The van der Waals surface area contributed by atoms with E-state index in [1.54, 1.807) is 43.6 Å². The van der Waals surface area contributed by atoms with Crippen LogP contribution in [0.15, 0.2) is 59.5 Å². The number of carbonyl (C=O) groups is 1. The van der Waals surface area contributed by atoms with Crippen LogP contribution in [0.4, 0.5) is 4.39 Å². The van der Waals surface area contributed by atoms with Gasteiger partial charge in [0.2, 0.25) is 5.91 Å². The molecule has 5 rings (SSSR count). The van der Waals surface area contributed by atoms with E-state index in [9.17, 15) is 9.59 Å². The summed E-state index contributed by atoms with van der Waals surface area (Å²) < 4.78 is 21.7. The number of benzene rings is 2. The second kappa shape index (κ2) is 12.0. The minimum Gasteiger partial charge on any atom is -0.497 e. The molecule has 3 heterocycles. The number of hydrogen-bond donors (Lipinski definition) is 1. The van der Waals surface area contributed by atoms with Crippen LogP contribution in [0.5, 0.6) is 5.75 Å². The fourth-order valence-electron chi connectivity index (χ4n) is 5.16. The Bertz CT molecular complexity index is 1590. The minimum absolute atomic E-state index is 0.0923. The van der Waals surface area contributed by atoms with Crippen LogP contribution < -0.4 is 15.6 Å². The Morgan fingerprint density at radius 3 is 2.62 bits per heavy atom. The van der Waals surface area contributed by atoms with Gasteiger partial charge in [-0.15, -0.1) is 0 Å². The zero-order chi connectivity index (χ0) is 28.2. The largest absolute Gasteiger partial charge is 0.497 e. The molecule has 9 heteroatoms. The van der Waals surface area contributed by atoms with Gasteiger partial charge in [0, 0.05) is 35.5 Å². The van der Waals surface area contributed by atoms with Crippen LogP contribution in [0.3, 0.4) is 0 Å². The topological polar surface area (TPSA) is 89.4 Å². The third kappa shape index (κ3) is 6.04. The Morgan fingerprint density at radius 1 is 1.07 bits per heavy atom. The number of aromatic nitrogens is 3. The molecule has 1 N–H and O–H groups in total. The molecule has 0 radical (unpaired) electrons. The maximum atomic E-state index is 15.1. The predicted molar refractivity (Wildman–Crippen MR) is 154 cm³/mol. The zero-order valence-electron chi connectivity index (χ0n) is 23.1. The lowest BCUT2D eigenvalue weighted by atomic mass is 10.0. The van der Waals surface area contributed by atoms with Crippen molar-refractivity contribution in [3.63, 3.8) is 0 Å². The van der Waals surface area contributed by atoms with E-state index in [2.05, 4.69) is 20.2 Å². The van der Waals surface area contributed by atoms with Gasteiger partial charge in [0.05, 0.1) is 12.5 Å². The molecule has 0 unspecified atom stereocenters. The third-order valence-electron chi connectivity index (χ3n) is 7.09. The lowest BCUT2D eigenvalue weighted by molar-refractivity contribution is -0.122. The highest BCUT2D eigenvalue weighted by molar-refractivity contribution is 5.83. The van der Waals surface area contributed by atoms with Crippen molar-refractivity contribution in [2.75, 3.05) is 20.2 Å². The number of amides is 1. The Kier molecular flexibility index (Phi) is 8.21. The van der Waals surface area contributed by atoms with Crippen LogP contribution in [0.2, 0.25) is 0 Å². The zero-order valence-corrected chi connectivity index (χ0v) is 23.1. The summed E-state index contributed by atoms with van der Waals surface area (Å²) in [5.74, 6) is 0.183. The smallest absolute Gasteiger partial charge is 0.263 e.